The summed E-state index contributed by atoms with van der Waals surface area (Å²) in [6.07, 6.45) is 6.59. The number of ether oxygens (including phenoxy) is 1. The molecule has 6 heteroatoms. The fourth-order valence-corrected chi connectivity index (χ4v) is 3.49. The quantitative estimate of drug-likeness (QED) is 0.856. The Bertz CT molecular complexity index is 882. The molecule has 1 amide bonds. The third kappa shape index (κ3) is 2.91. The fraction of sp³-hybridized carbons (Fsp3) is 0.333. The van der Waals surface area contributed by atoms with Gasteiger partial charge in [0.25, 0.3) is 5.91 Å². The van der Waals surface area contributed by atoms with Crippen molar-refractivity contribution < 1.29 is 9.53 Å². The number of hydrogen-bond donors (Lipinski definition) is 2. The average molecular weight is 366 g/mol. The molecule has 0 saturated carbocycles. The summed E-state index contributed by atoms with van der Waals surface area (Å²) < 4.78 is 5.97. The Balaban J connectivity index is 2.25. The van der Waals surface area contributed by atoms with Crippen LogP contribution in [0.25, 0.3) is 0 Å². The number of aliphatic imine (C=N–C) groups is 1. The third-order valence-corrected chi connectivity index (χ3v) is 5.00. The van der Waals surface area contributed by atoms with E-state index in [0.717, 1.165) is 18.4 Å². The summed E-state index contributed by atoms with van der Waals surface area (Å²) in [5, 5.41) is 0. The van der Waals surface area contributed by atoms with Crippen molar-refractivity contribution >= 4 is 11.9 Å². The van der Waals surface area contributed by atoms with Crippen molar-refractivity contribution in [1.29, 1.82) is 0 Å². The molecule has 0 saturated heterocycles. The van der Waals surface area contributed by atoms with Gasteiger partial charge in [0.05, 0.1) is 0 Å². The van der Waals surface area contributed by atoms with E-state index in [1.165, 1.54) is 11.1 Å². The molecule has 0 fully saturated rings. The number of benzene rings is 1. The predicted molar refractivity (Wildman–Crippen MR) is 107 cm³/mol. The van der Waals surface area contributed by atoms with Gasteiger partial charge in [-0.2, -0.15) is 0 Å². The molecule has 1 unspecified atom stereocenters. The van der Waals surface area contributed by atoms with Gasteiger partial charge in [-0.3, -0.25) is 9.69 Å². The van der Waals surface area contributed by atoms with E-state index < -0.39 is 5.54 Å². The van der Waals surface area contributed by atoms with Gasteiger partial charge in [0, 0.05) is 24.4 Å². The number of fused-ring (bicyclic) bond motifs is 2. The third-order valence-electron chi connectivity index (χ3n) is 5.00. The van der Waals surface area contributed by atoms with Crippen LogP contribution in [0.15, 0.2) is 59.5 Å². The van der Waals surface area contributed by atoms with E-state index in [0.29, 0.717) is 28.6 Å². The lowest BCUT2D eigenvalue weighted by Gasteiger charge is -2.35. The highest BCUT2D eigenvalue weighted by Crippen LogP contribution is 2.50. The molecule has 3 rings (SSSR count). The smallest absolute Gasteiger partial charge is 0.266 e. The van der Waals surface area contributed by atoms with Crippen LogP contribution in [-0.4, -0.2) is 23.8 Å². The summed E-state index contributed by atoms with van der Waals surface area (Å²) in [4.78, 5) is 19.3. The van der Waals surface area contributed by atoms with Crippen LogP contribution in [0.4, 0.5) is 0 Å². The maximum atomic E-state index is 13.3. The maximum Gasteiger partial charge on any atom is 0.266 e. The topological polar surface area (TPSA) is 93.9 Å². The van der Waals surface area contributed by atoms with E-state index in [2.05, 4.69) is 25.4 Å². The second-order valence-electron chi connectivity index (χ2n) is 7.26. The number of nitrogens with zero attached hydrogens (tertiary/aromatic N) is 2. The Morgan fingerprint density at radius 1 is 1.41 bits per heavy atom. The molecule has 0 aromatic heterocycles. The number of nitrogens with two attached hydrogens (primary N) is 2. The van der Waals surface area contributed by atoms with Gasteiger partial charge in [0.1, 0.15) is 11.5 Å². The van der Waals surface area contributed by atoms with Crippen LogP contribution in [0.1, 0.15) is 31.4 Å². The Morgan fingerprint density at radius 3 is 2.70 bits per heavy atom. The van der Waals surface area contributed by atoms with Crippen molar-refractivity contribution in [2.24, 2.45) is 22.4 Å². The molecule has 0 aliphatic carbocycles. The van der Waals surface area contributed by atoms with Gasteiger partial charge in [-0.25, -0.2) is 4.99 Å². The lowest BCUT2D eigenvalue weighted by molar-refractivity contribution is -0.129. The second kappa shape index (κ2) is 6.95. The summed E-state index contributed by atoms with van der Waals surface area (Å²) in [5.41, 5.74) is 12.8. The maximum absolute atomic E-state index is 13.3. The van der Waals surface area contributed by atoms with Gasteiger partial charge in [-0.1, -0.05) is 38.6 Å². The number of rotatable bonds is 4. The van der Waals surface area contributed by atoms with E-state index in [1.807, 2.05) is 18.2 Å². The van der Waals surface area contributed by atoms with E-state index in [4.69, 9.17) is 16.2 Å². The molecule has 1 spiro atoms. The molecule has 1 aromatic carbocycles. The lowest BCUT2D eigenvalue weighted by atomic mass is 9.78. The number of carbonyl (C=O) groups excluding carboxylic acids is 1. The number of likely N-dealkylation sites (N-methyl/N-ethyl adjacent to an activating group) is 1. The fourth-order valence-electron chi connectivity index (χ4n) is 3.49. The minimum atomic E-state index is -1.31. The van der Waals surface area contributed by atoms with Crippen molar-refractivity contribution in [3.63, 3.8) is 0 Å². The van der Waals surface area contributed by atoms with Crippen molar-refractivity contribution in [2.75, 3.05) is 7.05 Å². The largest absolute Gasteiger partial charge is 0.455 e. The minimum absolute atomic E-state index is 0.159. The molecule has 2 aliphatic heterocycles. The van der Waals surface area contributed by atoms with Crippen molar-refractivity contribution in [3.05, 3.63) is 65.6 Å². The average Bonchev–Trinajstić information content (AvgIpc) is 2.87. The molecule has 142 valence electrons. The monoisotopic (exact) mass is 366 g/mol. The van der Waals surface area contributed by atoms with Crippen LogP contribution < -0.4 is 16.2 Å². The molecule has 0 radical (unpaired) electrons. The molecular weight excluding hydrogens is 340 g/mol. The van der Waals surface area contributed by atoms with Crippen LogP contribution in [0, 0.1) is 5.92 Å². The van der Waals surface area contributed by atoms with E-state index in [1.54, 1.807) is 19.2 Å². The zero-order valence-corrected chi connectivity index (χ0v) is 16.0. The van der Waals surface area contributed by atoms with Gasteiger partial charge < -0.3 is 16.2 Å². The Labute approximate surface area is 159 Å². The summed E-state index contributed by atoms with van der Waals surface area (Å²) >= 11 is 0. The summed E-state index contributed by atoms with van der Waals surface area (Å²) in [6, 6.07) is 5.88. The molecule has 2 heterocycles. The molecule has 0 bridgehead atoms. The van der Waals surface area contributed by atoms with Crippen LogP contribution in [0.5, 0.6) is 5.75 Å². The Kier molecular flexibility index (Phi) is 4.83. The molecular formula is C21H26N4O2. The van der Waals surface area contributed by atoms with Crippen LogP contribution in [0.3, 0.4) is 0 Å². The van der Waals surface area contributed by atoms with E-state index >= 15 is 0 Å². The Hall–Kier alpha value is -3.02. The Morgan fingerprint density at radius 2 is 2.15 bits per heavy atom. The number of guanidine groups is 1. The zero-order valence-electron chi connectivity index (χ0n) is 16.0. The molecule has 1 atom stereocenters. The van der Waals surface area contributed by atoms with Crippen molar-refractivity contribution in [3.8, 4) is 5.75 Å². The first kappa shape index (κ1) is 18.8. The van der Waals surface area contributed by atoms with Gasteiger partial charge in [-0.15, -0.1) is 0 Å². The first-order valence-corrected chi connectivity index (χ1v) is 9.05. The van der Waals surface area contributed by atoms with Crippen LogP contribution >= 0.6 is 0 Å². The number of amides is 1. The van der Waals surface area contributed by atoms with E-state index in [-0.39, 0.29) is 11.9 Å². The highest BCUT2D eigenvalue weighted by Gasteiger charge is 2.55. The first-order chi connectivity index (χ1) is 12.8. The first-order valence-electron chi connectivity index (χ1n) is 9.05. The zero-order chi connectivity index (χ0) is 19.8. The molecule has 27 heavy (non-hydrogen) atoms. The number of carbonyl (C=O) groups is 1. The number of hydrogen-bond acceptors (Lipinski definition) is 5. The van der Waals surface area contributed by atoms with Crippen LogP contribution in [-0.2, 0) is 16.8 Å². The number of allylic oxidation sites excluding steroid dienone is 2. The normalized spacial score (nSPS) is 24.5. The highest BCUT2D eigenvalue weighted by atomic mass is 16.5. The second-order valence-corrected chi connectivity index (χ2v) is 7.26. The van der Waals surface area contributed by atoms with Gasteiger partial charge >= 0.3 is 0 Å². The van der Waals surface area contributed by atoms with Gasteiger partial charge in [-0.05, 0) is 36.5 Å². The van der Waals surface area contributed by atoms with Crippen molar-refractivity contribution in [1.82, 2.24) is 4.90 Å². The molecule has 6 nitrogen and oxygen atoms in total. The number of aryl methyl sites for hydroxylation is 1. The summed E-state index contributed by atoms with van der Waals surface area (Å²) in [6.45, 7) is 8.13. The lowest BCUT2D eigenvalue weighted by Crippen LogP contribution is -2.44. The summed E-state index contributed by atoms with van der Waals surface area (Å²) in [5.74, 6) is 1.44. The van der Waals surface area contributed by atoms with E-state index in [9.17, 15) is 4.79 Å². The highest BCUT2D eigenvalue weighted by molar-refractivity contribution is 6.10. The van der Waals surface area contributed by atoms with Crippen LogP contribution in [0.2, 0.25) is 0 Å². The van der Waals surface area contributed by atoms with Gasteiger partial charge in [0.15, 0.2) is 5.96 Å². The summed E-state index contributed by atoms with van der Waals surface area (Å²) in [7, 11) is 1.62. The minimum Gasteiger partial charge on any atom is -0.455 e. The molecule has 2 aliphatic rings. The SMILES string of the molecule is C=CC=C1/C(=C\N)Oc2ccc(CCC(C)C)cc2C12N=C(N)N(C)C2=O. The predicted octanol–water partition coefficient (Wildman–Crippen LogP) is 2.56. The van der Waals surface area contributed by atoms with Crippen molar-refractivity contribution in [2.45, 2.75) is 32.2 Å². The molecule has 4 N–H and O–H groups in total. The molecule has 1 aromatic rings. The van der Waals surface area contributed by atoms with Gasteiger partial charge in [0.2, 0.25) is 5.54 Å². The standard InChI is InChI=1S/C21H26N4O2/c1-5-6-15-18(12-22)27-17-10-9-14(8-7-13(2)3)11-16(17)21(15)19(26)25(4)20(23)24-21/h5-6,9-13H,1,7-8,22H2,2-4H3,(H2,23,24)/b15-6?,18-12+.